The number of hydrogen-bond donors (Lipinski definition) is 2. The molecule has 0 saturated heterocycles. The smallest absolute Gasteiger partial charge is 0.275 e. The van der Waals surface area contributed by atoms with Gasteiger partial charge < -0.3 is 10.6 Å². The number of aryl methyl sites for hydroxylation is 1. The lowest BCUT2D eigenvalue weighted by Gasteiger charge is -2.28. The molecule has 1 aliphatic rings. The number of aromatic nitrogens is 3. The molecule has 1 aliphatic heterocycles. The molecule has 1 unspecified atom stereocenters. The molecule has 0 saturated carbocycles. The lowest BCUT2D eigenvalue weighted by atomic mass is 9.93. The third-order valence-corrected chi connectivity index (χ3v) is 7.35. The van der Waals surface area contributed by atoms with Crippen molar-refractivity contribution in [3.05, 3.63) is 116 Å². The SMILES string of the molecule is CC1=C(C(=O)Nc2cccc(C)c2)C(c2ccccc2[N+](=O)[O-])n2nc(SCc3ccccc3Cl)nc2N1. The summed E-state index contributed by atoms with van der Waals surface area (Å²) in [4.78, 5) is 29.8. The molecule has 4 aromatic rings. The van der Waals surface area contributed by atoms with Gasteiger partial charge in [-0.3, -0.25) is 14.9 Å². The second-order valence-electron chi connectivity index (χ2n) is 8.75. The molecule has 5 rings (SSSR count). The molecule has 1 aromatic heterocycles. The second-order valence-corrected chi connectivity index (χ2v) is 10.1. The summed E-state index contributed by atoms with van der Waals surface area (Å²) in [7, 11) is 0. The van der Waals surface area contributed by atoms with Crippen molar-refractivity contribution in [2.45, 2.75) is 30.8 Å². The van der Waals surface area contributed by atoms with Crippen LogP contribution in [-0.2, 0) is 10.5 Å². The molecule has 38 heavy (non-hydrogen) atoms. The number of fused-ring (bicyclic) bond motifs is 1. The van der Waals surface area contributed by atoms with E-state index in [0.717, 1.165) is 11.1 Å². The van der Waals surface area contributed by atoms with E-state index in [9.17, 15) is 14.9 Å². The molecule has 0 radical (unpaired) electrons. The number of anilines is 2. The van der Waals surface area contributed by atoms with Crippen molar-refractivity contribution in [2.75, 3.05) is 10.6 Å². The van der Waals surface area contributed by atoms with E-state index in [1.165, 1.54) is 22.5 Å². The molecule has 0 spiro atoms. The lowest BCUT2D eigenvalue weighted by Crippen LogP contribution is -2.32. The predicted octanol–water partition coefficient (Wildman–Crippen LogP) is 6.37. The zero-order valence-electron chi connectivity index (χ0n) is 20.5. The van der Waals surface area contributed by atoms with Crippen LogP contribution in [0.4, 0.5) is 17.3 Å². The highest BCUT2D eigenvalue weighted by molar-refractivity contribution is 7.98. The first-order valence-electron chi connectivity index (χ1n) is 11.7. The number of halogens is 1. The van der Waals surface area contributed by atoms with Gasteiger partial charge >= 0.3 is 0 Å². The van der Waals surface area contributed by atoms with Crippen molar-refractivity contribution in [2.24, 2.45) is 0 Å². The van der Waals surface area contributed by atoms with Crippen molar-refractivity contribution >= 4 is 46.6 Å². The third-order valence-electron chi connectivity index (χ3n) is 6.10. The number of para-hydroxylation sites is 1. The van der Waals surface area contributed by atoms with Crippen LogP contribution in [0.5, 0.6) is 0 Å². The topological polar surface area (TPSA) is 115 Å². The fraction of sp³-hybridized carbons (Fsp3) is 0.148. The Morgan fingerprint density at radius 3 is 2.66 bits per heavy atom. The number of nitro benzene ring substituents is 1. The molecule has 3 aromatic carbocycles. The van der Waals surface area contributed by atoms with Gasteiger partial charge in [0, 0.05) is 28.2 Å². The molecule has 192 valence electrons. The van der Waals surface area contributed by atoms with Gasteiger partial charge in [-0.2, -0.15) is 4.98 Å². The van der Waals surface area contributed by atoms with Crippen molar-refractivity contribution in [1.29, 1.82) is 0 Å². The number of hydrogen-bond acceptors (Lipinski definition) is 7. The summed E-state index contributed by atoms with van der Waals surface area (Å²) in [6.45, 7) is 3.68. The van der Waals surface area contributed by atoms with Crippen LogP contribution in [-0.4, -0.2) is 25.6 Å². The largest absolute Gasteiger partial charge is 0.328 e. The van der Waals surface area contributed by atoms with E-state index >= 15 is 0 Å². The maximum Gasteiger partial charge on any atom is 0.275 e. The molecule has 11 heteroatoms. The number of nitro groups is 1. The third kappa shape index (κ3) is 5.13. The Balaban J connectivity index is 1.55. The first-order valence-corrected chi connectivity index (χ1v) is 13.1. The van der Waals surface area contributed by atoms with E-state index in [1.807, 2.05) is 49.4 Å². The molecule has 1 atom stereocenters. The van der Waals surface area contributed by atoms with Crippen LogP contribution in [0.25, 0.3) is 0 Å². The minimum Gasteiger partial charge on any atom is -0.328 e. The van der Waals surface area contributed by atoms with Gasteiger partial charge in [0.05, 0.1) is 16.1 Å². The fourth-order valence-electron chi connectivity index (χ4n) is 4.34. The molecule has 0 fully saturated rings. The summed E-state index contributed by atoms with van der Waals surface area (Å²) < 4.78 is 1.54. The quantitative estimate of drug-likeness (QED) is 0.157. The van der Waals surface area contributed by atoms with E-state index in [0.29, 0.717) is 44.4 Å². The number of allylic oxidation sites excluding steroid dienone is 1. The minimum atomic E-state index is -0.875. The average molecular weight is 547 g/mol. The van der Waals surface area contributed by atoms with Crippen molar-refractivity contribution < 1.29 is 9.72 Å². The summed E-state index contributed by atoms with van der Waals surface area (Å²) in [5.41, 5.74) is 3.60. The average Bonchev–Trinajstić information content (AvgIpc) is 3.29. The van der Waals surface area contributed by atoms with Crippen LogP contribution >= 0.6 is 23.4 Å². The zero-order valence-corrected chi connectivity index (χ0v) is 22.1. The van der Waals surface area contributed by atoms with E-state index in [4.69, 9.17) is 11.6 Å². The first-order chi connectivity index (χ1) is 18.3. The van der Waals surface area contributed by atoms with Crippen LogP contribution in [0.2, 0.25) is 5.02 Å². The number of rotatable bonds is 7. The van der Waals surface area contributed by atoms with Gasteiger partial charge in [0.1, 0.15) is 6.04 Å². The molecular weight excluding hydrogens is 524 g/mol. The van der Waals surface area contributed by atoms with Gasteiger partial charge in [-0.1, -0.05) is 65.8 Å². The Bertz CT molecular complexity index is 1580. The van der Waals surface area contributed by atoms with Gasteiger partial charge in [0.15, 0.2) is 0 Å². The predicted molar refractivity (Wildman–Crippen MR) is 148 cm³/mol. The summed E-state index contributed by atoms with van der Waals surface area (Å²) in [6, 6.07) is 20.4. The van der Waals surface area contributed by atoms with E-state index < -0.39 is 16.9 Å². The van der Waals surface area contributed by atoms with Gasteiger partial charge in [0.2, 0.25) is 11.1 Å². The van der Waals surface area contributed by atoms with Crippen molar-refractivity contribution in [1.82, 2.24) is 14.8 Å². The van der Waals surface area contributed by atoms with Gasteiger partial charge in [-0.05, 0) is 49.2 Å². The number of benzene rings is 3. The Hall–Kier alpha value is -4.15. The zero-order chi connectivity index (χ0) is 26.8. The van der Waals surface area contributed by atoms with Crippen LogP contribution in [0, 0.1) is 17.0 Å². The summed E-state index contributed by atoms with van der Waals surface area (Å²) in [5.74, 6) is 0.529. The maximum atomic E-state index is 13.7. The minimum absolute atomic E-state index is 0.111. The van der Waals surface area contributed by atoms with Crippen molar-refractivity contribution in [3.63, 3.8) is 0 Å². The van der Waals surface area contributed by atoms with Gasteiger partial charge in [0.25, 0.3) is 11.6 Å². The molecule has 9 nitrogen and oxygen atoms in total. The normalized spacial score (nSPS) is 14.6. The Morgan fingerprint density at radius 1 is 1.13 bits per heavy atom. The number of thioether (sulfide) groups is 1. The van der Waals surface area contributed by atoms with Crippen molar-refractivity contribution in [3.8, 4) is 0 Å². The van der Waals surface area contributed by atoms with E-state index in [1.54, 1.807) is 31.2 Å². The van der Waals surface area contributed by atoms with E-state index in [-0.39, 0.29) is 5.69 Å². The highest BCUT2D eigenvalue weighted by Gasteiger charge is 2.37. The van der Waals surface area contributed by atoms with Crippen LogP contribution in [0.3, 0.4) is 0 Å². The number of carbonyl (C=O) groups is 1. The van der Waals surface area contributed by atoms with Gasteiger partial charge in [-0.25, -0.2) is 4.68 Å². The van der Waals surface area contributed by atoms with Crippen LogP contribution in [0.1, 0.15) is 29.7 Å². The highest BCUT2D eigenvalue weighted by Crippen LogP contribution is 2.40. The molecule has 2 heterocycles. The Labute approximate surface area is 228 Å². The number of nitrogens with one attached hydrogen (secondary N) is 2. The number of carbonyl (C=O) groups excluding carboxylic acids is 1. The number of amides is 1. The number of nitrogens with zero attached hydrogens (tertiary/aromatic N) is 4. The van der Waals surface area contributed by atoms with Crippen LogP contribution in [0.15, 0.2) is 89.2 Å². The second kappa shape index (κ2) is 10.7. The van der Waals surface area contributed by atoms with Crippen LogP contribution < -0.4 is 10.6 Å². The first kappa shape index (κ1) is 25.5. The summed E-state index contributed by atoms with van der Waals surface area (Å²) in [6.07, 6.45) is 0. The molecule has 2 N–H and O–H groups in total. The fourth-order valence-corrected chi connectivity index (χ4v) is 5.45. The Morgan fingerprint density at radius 2 is 1.89 bits per heavy atom. The Kier molecular flexibility index (Phi) is 7.17. The maximum absolute atomic E-state index is 13.7. The molecular formula is C27H23ClN6O3S. The van der Waals surface area contributed by atoms with E-state index in [2.05, 4.69) is 20.7 Å². The molecule has 0 bridgehead atoms. The van der Waals surface area contributed by atoms with Gasteiger partial charge in [-0.15, -0.1) is 5.10 Å². The monoisotopic (exact) mass is 546 g/mol. The molecule has 0 aliphatic carbocycles. The molecule has 1 amide bonds. The standard InChI is InChI=1S/C27H23ClN6O3S/c1-16-8-7-10-19(14-16)30-25(35)23-17(2)29-26-31-27(38-15-18-9-3-5-12-21(18)28)32-33(26)24(23)20-11-4-6-13-22(20)34(36)37/h3-14,24H,15H2,1-2H3,(H,30,35)(H,29,31,32). The highest BCUT2D eigenvalue weighted by atomic mass is 35.5. The summed E-state index contributed by atoms with van der Waals surface area (Å²) >= 11 is 7.69. The lowest BCUT2D eigenvalue weighted by molar-refractivity contribution is -0.385. The summed E-state index contributed by atoms with van der Waals surface area (Å²) in [5, 5.41) is 23.8.